The number of alkyl halides is 9. The van der Waals surface area contributed by atoms with Crippen LogP contribution in [0.25, 0.3) is 0 Å². The van der Waals surface area contributed by atoms with Gasteiger partial charge in [-0.05, 0) is 79.6 Å². The van der Waals surface area contributed by atoms with E-state index in [0.717, 1.165) is 24.1 Å². The molecule has 42 heavy (non-hydrogen) atoms. The highest BCUT2D eigenvalue weighted by Gasteiger charge is 2.48. The fourth-order valence-electron chi connectivity index (χ4n) is 5.19. The lowest BCUT2D eigenvalue weighted by molar-refractivity contribution is -0.143. The van der Waals surface area contributed by atoms with E-state index in [4.69, 9.17) is 9.47 Å². The highest BCUT2D eigenvalue weighted by molar-refractivity contribution is 5.91. The summed E-state index contributed by atoms with van der Waals surface area (Å²) in [6, 6.07) is 1.29. The summed E-state index contributed by atoms with van der Waals surface area (Å²) < 4.78 is 132. The number of fused-ring (bicyclic) bond motifs is 1. The Morgan fingerprint density at radius 3 is 1.93 bits per heavy atom. The Hall–Kier alpha value is -3.65. The Kier molecular flexibility index (Phi) is 8.35. The van der Waals surface area contributed by atoms with Crippen LogP contribution in [0.15, 0.2) is 36.4 Å². The molecule has 0 spiro atoms. The van der Waals surface area contributed by atoms with Crippen molar-refractivity contribution in [2.24, 2.45) is 5.92 Å². The largest absolute Gasteiger partial charge is 0.453 e. The van der Waals surface area contributed by atoms with E-state index in [2.05, 4.69) is 0 Å². The number of ether oxygens (including phenoxy) is 2. The van der Waals surface area contributed by atoms with Crippen LogP contribution in [0.2, 0.25) is 0 Å². The summed E-state index contributed by atoms with van der Waals surface area (Å²) >= 11 is 0. The highest BCUT2D eigenvalue weighted by Crippen LogP contribution is 2.50. The molecule has 0 N–H and O–H groups in total. The Bertz CT molecular complexity index is 1300. The molecule has 1 saturated carbocycles. The minimum atomic E-state index is -5.16. The maximum absolute atomic E-state index is 13.7. The average molecular weight is 612 g/mol. The first-order valence-corrected chi connectivity index (χ1v) is 12.8. The summed E-state index contributed by atoms with van der Waals surface area (Å²) in [4.78, 5) is 28.0. The molecule has 0 saturated heterocycles. The molecule has 1 aliphatic carbocycles. The van der Waals surface area contributed by atoms with Gasteiger partial charge in [0.1, 0.15) is 0 Å². The monoisotopic (exact) mass is 612 g/mol. The minimum absolute atomic E-state index is 0.0245. The van der Waals surface area contributed by atoms with Gasteiger partial charge in [-0.15, -0.1) is 0 Å². The lowest BCUT2D eigenvalue weighted by Gasteiger charge is -2.44. The molecule has 15 heteroatoms. The SMILES string of the molecule is CCOC(=O)N1c2ccc(C(F)(F)F)cc2C(N(Cc2cc(C(F)(F)F)cc(C(F)(F)F)c2)C(=O)OC)CC1C1CC1. The molecule has 2 amide bonds. The van der Waals surface area contributed by atoms with Crippen molar-refractivity contribution in [2.45, 2.75) is 63.3 Å². The van der Waals surface area contributed by atoms with Crippen molar-refractivity contribution < 1.29 is 58.6 Å². The number of carbonyl (C=O) groups excluding carboxylic acids is 2. The van der Waals surface area contributed by atoms with Crippen LogP contribution < -0.4 is 4.90 Å². The fraction of sp³-hybridized carbons (Fsp3) is 0.481. The standard InChI is InChI=1S/C27H25F9N2O4/c1-3-42-24(40)38-20-7-6-16(25(28,29)30)11-19(20)22(12-21(38)15-4-5-15)37(23(39)41-2)13-14-8-17(26(31,32)33)10-18(9-14)27(34,35)36/h6-11,15,21-22H,3-5,12-13H2,1-2H3. The first-order chi connectivity index (χ1) is 19.5. The lowest BCUT2D eigenvalue weighted by Crippen LogP contribution is -2.50. The zero-order chi connectivity index (χ0) is 31.2. The van der Waals surface area contributed by atoms with Gasteiger partial charge < -0.3 is 9.47 Å². The number of nitrogens with zero attached hydrogens (tertiary/aromatic N) is 2. The van der Waals surface area contributed by atoms with E-state index in [-0.39, 0.29) is 36.3 Å². The summed E-state index contributed by atoms with van der Waals surface area (Å²) in [5.41, 5.74) is -5.17. The van der Waals surface area contributed by atoms with Gasteiger partial charge in [0.2, 0.25) is 0 Å². The number of amides is 2. The van der Waals surface area contributed by atoms with E-state index < -0.39 is 71.6 Å². The molecular weight excluding hydrogens is 587 g/mol. The van der Waals surface area contributed by atoms with Gasteiger partial charge in [0.15, 0.2) is 0 Å². The Balaban J connectivity index is 1.88. The summed E-state index contributed by atoms with van der Waals surface area (Å²) in [5, 5.41) is 0. The van der Waals surface area contributed by atoms with Crippen molar-refractivity contribution in [1.82, 2.24) is 4.90 Å². The third-order valence-corrected chi connectivity index (χ3v) is 7.19. The number of benzene rings is 2. The van der Waals surface area contributed by atoms with Gasteiger partial charge >= 0.3 is 30.7 Å². The van der Waals surface area contributed by atoms with Crippen LogP contribution >= 0.6 is 0 Å². The van der Waals surface area contributed by atoms with Gasteiger partial charge in [0.25, 0.3) is 0 Å². The zero-order valence-corrected chi connectivity index (χ0v) is 22.2. The van der Waals surface area contributed by atoms with Gasteiger partial charge in [0, 0.05) is 12.6 Å². The van der Waals surface area contributed by atoms with Crippen LogP contribution in [0, 0.1) is 5.92 Å². The minimum Gasteiger partial charge on any atom is -0.453 e. The molecule has 0 radical (unpaired) electrons. The van der Waals surface area contributed by atoms with Gasteiger partial charge in [0.05, 0.1) is 42.1 Å². The van der Waals surface area contributed by atoms with Crippen molar-refractivity contribution in [3.05, 3.63) is 64.2 Å². The van der Waals surface area contributed by atoms with Crippen LogP contribution in [0.3, 0.4) is 0 Å². The molecule has 230 valence electrons. The highest BCUT2D eigenvalue weighted by atomic mass is 19.4. The number of hydrogen-bond donors (Lipinski definition) is 0. The number of rotatable bonds is 5. The van der Waals surface area contributed by atoms with Crippen LogP contribution in [0.1, 0.15) is 60.0 Å². The van der Waals surface area contributed by atoms with Crippen molar-refractivity contribution in [2.75, 3.05) is 18.6 Å². The third kappa shape index (κ3) is 6.54. The molecule has 2 aliphatic rings. The third-order valence-electron chi connectivity index (χ3n) is 7.19. The lowest BCUT2D eigenvalue weighted by atomic mass is 9.86. The number of hydrogen-bond acceptors (Lipinski definition) is 4. The summed E-state index contributed by atoms with van der Waals surface area (Å²) in [6.45, 7) is 0.627. The van der Waals surface area contributed by atoms with Crippen LogP contribution in [-0.2, 0) is 34.5 Å². The maximum atomic E-state index is 13.7. The molecule has 1 heterocycles. The Morgan fingerprint density at radius 1 is 0.881 bits per heavy atom. The Morgan fingerprint density at radius 2 is 1.45 bits per heavy atom. The zero-order valence-electron chi connectivity index (χ0n) is 22.2. The topological polar surface area (TPSA) is 59.1 Å². The molecule has 1 aliphatic heterocycles. The smallest absolute Gasteiger partial charge is 0.416 e. The molecule has 2 aromatic rings. The molecule has 4 rings (SSSR count). The molecule has 2 aromatic carbocycles. The number of anilines is 1. The van der Waals surface area contributed by atoms with Crippen molar-refractivity contribution in [1.29, 1.82) is 0 Å². The predicted octanol–water partition coefficient (Wildman–Crippen LogP) is 8.20. The first-order valence-electron chi connectivity index (χ1n) is 12.8. The molecular formula is C27H25F9N2O4. The molecule has 1 fully saturated rings. The molecule has 0 bridgehead atoms. The first kappa shape index (κ1) is 31.3. The van der Waals surface area contributed by atoms with E-state index in [9.17, 15) is 49.1 Å². The van der Waals surface area contributed by atoms with E-state index >= 15 is 0 Å². The number of carbonyl (C=O) groups is 2. The fourth-order valence-corrected chi connectivity index (χ4v) is 5.19. The van der Waals surface area contributed by atoms with Gasteiger partial charge in [-0.2, -0.15) is 39.5 Å². The van der Waals surface area contributed by atoms with Crippen molar-refractivity contribution in [3.8, 4) is 0 Å². The van der Waals surface area contributed by atoms with E-state index in [1.165, 1.54) is 11.8 Å². The number of methoxy groups -OCH3 is 1. The molecule has 0 aromatic heterocycles. The van der Waals surface area contributed by atoms with Crippen molar-refractivity contribution >= 4 is 17.9 Å². The number of halogens is 9. The second-order valence-electron chi connectivity index (χ2n) is 10.0. The molecule has 2 unspecified atom stereocenters. The summed E-state index contributed by atoms with van der Waals surface area (Å²) in [5.74, 6) is -0.128. The quantitative estimate of drug-likeness (QED) is 0.320. The second-order valence-corrected chi connectivity index (χ2v) is 10.0. The van der Waals surface area contributed by atoms with E-state index in [1.807, 2.05) is 0 Å². The Labute approximate surface area is 234 Å². The molecule has 6 nitrogen and oxygen atoms in total. The normalized spacial score (nSPS) is 19.3. The van der Waals surface area contributed by atoms with Crippen LogP contribution in [0.5, 0.6) is 0 Å². The van der Waals surface area contributed by atoms with E-state index in [0.29, 0.717) is 31.0 Å². The van der Waals surface area contributed by atoms with Gasteiger partial charge in [-0.25, -0.2) is 9.59 Å². The van der Waals surface area contributed by atoms with Crippen molar-refractivity contribution in [3.63, 3.8) is 0 Å². The summed E-state index contributed by atoms with van der Waals surface area (Å²) in [7, 11) is 0.918. The molecule has 2 atom stereocenters. The maximum Gasteiger partial charge on any atom is 0.416 e. The average Bonchev–Trinajstić information content (AvgIpc) is 3.74. The van der Waals surface area contributed by atoms with Gasteiger partial charge in [-0.3, -0.25) is 9.80 Å². The van der Waals surface area contributed by atoms with Gasteiger partial charge in [-0.1, -0.05) is 0 Å². The predicted molar refractivity (Wildman–Crippen MR) is 129 cm³/mol. The van der Waals surface area contributed by atoms with Crippen LogP contribution in [0.4, 0.5) is 54.8 Å². The van der Waals surface area contributed by atoms with E-state index in [1.54, 1.807) is 0 Å². The second kappa shape index (κ2) is 11.2. The summed E-state index contributed by atoms with van der Waals surface area (Å²) in [6.07, 6.45) is -16.1. The van der Waals surface area contributed by atoms with Crippen LogP contribution in [-0.4, -0.2) is 36.8 Å².